The van der Waals surface area contributed by atoms with Crippen molar-refractivity contribution >= 4 is 27.7 Å². The van der Waals surface area contributed by atoms with Gasteiger partial charge >= 0.3 is 0 Å². The molecule has 2 N–H and O–H groups in total. The molecule has 0 saturated heterocycles. The van der Waals surface area contributed by atoms with E-state index in [0.717, 1.165) is 22.7 Å². The van der Waals surface area contributed by atoms with Crippen LogP contribution in [0, 0.1) is 0 Å². The van der Waals surface area contributed by atoms with E-state index in [0.29, 0.717) is 13.0 Å². The van der Waals surface area contributed by atoms with Crippen LogP contribution in [0.2, 0.25) is 0 Å². The molecule has 0 aliphatic carbocycles. The van der Waals surface area contributed by atoms with E-state index in [1.807, 2.05) is 26.8 Å². The lowest BCUT2D eigenvalue weighted by molar-refractivity contribution is -0.121. The summed E-state index contributed by atoms with van der Waals surface area (Å²) in [4.78, 5) is 20.4. The number of nitrogens with zero attached hydrogens (tertiary/aromatic N) is 2. The van der Waals surface area contributed by atoms with Gasteiger partial charge in [0, 0.05) is 31.0 Å². The van der Waals surface area contributed by atoms with Crippen molar-refractivity contribution < 1.29 is 4.79 Å². The van der Waals surface area contributed by atoms with E-state index in [4.69, 9.17) is 0 Å². The Bertz CT molecular complexity index is 451. The number of nitrogens with one attached hydrogen (secondary N) is 2. The number of hydrogen-bond donors (Lipinski definition) is 2. The summed E-state index contributed by atoms with van der Waals surface area (Å²) in [6.07, 6.45) is 1.37. The highest BCUT2D eigenvalue weighted by atomic mass is 79.9. The number of hydrogen-bond acceptors (Lipinski definition) is 4. The van der Waals surface area contributed by atoms with E-state index in [-0.39, 0.29) is 17.9 Å². The largest absolute Gasteiger partial charge is 0.369 e. The van der Waals surface area contributed by atoms with Gasteiger partial charge in [-0.1, -0.05) is 20.8 Å². The Morgan fingerprint density at radius 2 is 2.05 bits per heavy atom. The van der Waals surface area contributed by atoms with E-state index in [9.17, 15) is 4.79 Å². The highest BCUT2D eigenvalue weighted by Crippen LogP contribution is 2.17. The van der Waals surface area contributed by atoms with Crippen LogP contribution in [0.1, 0.15) is 52.3 Å². The third-order valence-electron chi connectivity index (χ3n) is 2.91. The molecule has 20 heavy (non-hydrogen) atoms. The van der Waals surface area contributed by atoms with E-state index in [1.165, 1.54) is 0 Å². The summed E-state index contributed by atoms with van der Waals surface area (Å²) in [6.45, 7) is 8.70. The predicted molar refractivity (Wildman–Crippen MR) is 84.8 cm³/mol. The average molecular weight is 343 g/mol. The maximum Gasteiger partial charge on any atom is 0.221 e. The number of carbonyl (C=O) groups is 1. The van der Waals surface area contributed by atoms with Gasteiger partial charge in [0.15, 0.2) is 0 Å². The van der Waals surface area contributed by atoms with Crippen molar-refractivity contribution in [2.75, 3.05) is 11.9 Å². The average Bonchev–Trinajstić information content (AvgIpc) is 2.37. The summed E-state index contributed by atoms with van der Waals surface area (Å²) in [7, 11) is 0. The molecule has 0 spiro atoms. The van der Waals surface area contributed by atoms with Crippen molar-refractivity contribution in [3.8, 4) is 0 Å². The third-order valence-corrected chi connectivity index (χ3v) is 3.31. The Labute approximate surface area is 129 Å². The molecule has 112 valence electrons. The Morgan fingerprint density at radius 1 is 1.35 bits per heavy atom. The smallest absolute Gasteiger partial charge is 0.221 e. The molecule has 0 aromatic carbocycles. The van der Waals surface area contributed by atoms with Crippen LogP contribution in [0.3, 0.4) is 0 Å². The number of carbonyl (C=O) groups excluding carboxylic acids is 1. The van der Waals surface area contributed by atoms with E-state index < -0.39 is 0 Å². The van der Waals surface area contributed by atoms with E-state index in [1.54, 1.807) is 0 Å². The molecule has 0 saturated carbocycles. The van der Waals surface area contributed by atoms with Crippen molar-refractivity contribution in [3.63, 3.8) is 0 Å². The van der Waals surface area contributed by atoms with Gasteiger partial charge in [-0.2, -0.15) is 0 Å². The second-order valence-electron chi connectivity index (χ2n) is 5.14. The van der Waals surface area contributed by atoms with Gasteiger partial charge < -0.3 is 10.6 Å². The second-order valence-corrected chi connectivity index (χ2v) is 5.95. The van der Waals surface area contributed by atoms with Crippen LogP contribution in [0.25, 0.3) is 0 Å². The molecule has 1 aromatic heterocycles. The van der Waals surface area contributed by atoms with Crippen LogP contribution >= 0.6 is 15.9 Å². The summed E-state index contributed by atoms with van der Waals surface area (Å²) in [5, 5.41) is 6.10. The summed E-state index contributed by atoms with van der Waals surface area (Å²) in [6, 6.07) is 2.04. The zero-order valence-electron chi connectivity index (χ0n) is 12.5. The maximum atomic E-state index is 11.7. The van der Waals surface area contributed by atoms with Crippen molar-refractivity contribution in [2.24, 2.45) is 0 Å². The summed E-state index contributed by atoms with van der Waals surface area (Å²) in [5.41, 5.74) is 0. The van der Waals surface area contributed by atoms with Crippen molar-refractivity contribution in [1.82, 2.24) is 15.3 Å². The van der Waals surface area contributed by atoms with Crippen LogP contribution in [0.4, 0.5) is 5.82 Å². The molecule has 0 aliphatic rings. The number of rotatable bonds is 7. The summed E-state index contributed by atoms with van der Waals surface area (Å²) < 4.78 is 0.753. The SMILES string of the molecule is CCC(C)NC(=O)CCNc1cc(Br)nc(C(C)C)n1. The summed E-state index contributed by atoms with van der Waals surface area (Å²) >= 11 is 3.37. The quantitative estimate of drug-likeness (QED) is 0.747. The first-order valence-electron chi connectivity index (χ1n) is 7.00. The van der Waals surface area contributed by atoms with Gasteiger partial charge in [-0.05, 0) is 29.3 Å². The molecule has 1 aromatic rings. The molecule has 1 atom stereocenters. The van der Waals surface area contributed by atoms with Crippen molar-refractivity contribution in [2.45, 2.75) is 52.5 Å². The minimum absolute atomic E-state index is 0.0593. The predicted octanol–water partition coefficient (Wildman–Crippen LogP) is 3.08. The lowest BCUT2D eigenvalue weighted by Crippen LogP contribution is -2.33. The second kappa shape index (κ2) is 8.19. The van der Waals surface area contributed by atoms with Gasteiger partial charge in [-0.25, -0.2) is 9.97 Å². The summed E-state index contributed by atoms with van der Waals surface area (Å²) in [5.74, 6) is 1.85. The molecule has 1 rings (SSSR count). The van der Waals surface area contributed by atoms with Gasteiger partial charge in [0.25, 0.3) is 0 Å². The Hall–Kier alpha value is -1.17. The normalized spacial score (nSPS) is 12.3. The number of amides is 1. The van der Waals surface area contributed by atoms with Gasteiger partial charge in [-0.3, -0.25) is 4.79 Å². The first-order valence-corrected chi connectivity index (χ1v) is 7.79. The molecule has 1 amide bonds. The van der Waals surface area contributed by atoms with E-state index >= 15 is 0 Å². The molecular weight excluding hydrogens is 320 g/mol. The first-order chi connectivity index (χ1) is 9.42. The standard InChI is InChI=1S/C14H23BrN4O/c1-5-10(4)17-13(20)6-7-16-12-8-11(15)18-14(19-12)9(2)3/h8-10H,5-7H2,1-4H3,(H,17,20)(H,16,18,19). The van der Waals surface area contributed by atoms with Crippen molar-refractivity contribution in [3.05, 3.63) is 16.5 Å². The fraction of sp³-hybridized carbons (Fsp3) is 0.643. The molecule has 1 heterocycles. The minimum atomic E-state index is 0.0593. The molecule has 0 bridgehead atoms. The molecule has 0 fully saturated rings. The zero-order valence-corrected chi connectivity index (χ0v) is 14.1. The highest BCUT2D eigenvalue weighted by Gasteiger charge is 2.08. The molecule has 0 aliphatic heterocycles. The minimum Gasteiger partial charge on any atom is -0.369 e. The number of halogens is 1. The number of anilines is 1. The van der Waals surface area contributed by atoms with Crippen LogP contribution in [0.15, 0.2) is 10.7 Å². The third kappa shape index (κ3) is 5.86. The van der Waals surface area contributed by atoms with Crippen molar-refractivity contribution in [1.29, 1.82) is 0 Å². The topological polar surface area (TPSA) is 66.9 Å². The highest BCUT2D eigenvalue weighted by molar-refractivity contribution is 9.10. The van der Waals surface area contributed by atoms with Crippen LogP contribution in [0.5, 0.6) is 0 Å². The molecule has 0 radical (unpaired) electrons. The molecular formula is C14H23BrN4O. The molecule has 6 heteroatoms. The lowest BCUT2D eigenvalue weighted by Gasteiger charge is -2.12. The molecule has 5 nitrogen and oxygen atoms in total. The number of aromatic nitrogens is 2. The Balaban J connectivity index is 2.48. The monoisotopic (exact) mass is 342 g/mol. The maximum absolute atomic E-state index is 11.7. The van der Waals surface area contributed by atoms with Gasteiger partial charge in [-0.15, -0.1) is 0 Å². The van der Waals surface area contributed by atoms with Gasteiger partial charge in [0.2, 0.25) is 5.91 Å². The van der Waals surface area contributed by atoms with E-state index in [2.05, 4.69) is 43.5 Å². The lowest BCUT2D eigenvalue weighted by atomic mass is 10.2. The fourth-order valence-electron chi connectivity index (χ4n) is 1.54. The molecule has 1 unspecified atom stereocenters. The van der Waals surface area contributed by atoms with Crippen LogP contribution in [-0.4, -0.2) is 28.5 Å². The van der Waals surface area contributed by atoms with Crippen LogP contribution in [-0.2, 0) is 4.79 Å². The fourth-order valence-corrected chi connectivity index (χ4v) is 1.94. The zero-order chi connectivity index (χ0) is 15.1. The Morgan fingerprint density at radius 3 is 2.65 bits per heavy atom. The first kappa shape index (κ1) is 16.9. The Kier molecular flexibility index (Phi) is 6.91. The van der Waals surface area contributed by atoms with Gasteiger partial charge in [0.1, 0.15) is 16.2 Å². The van der Waals surface area contributed by atoms with Crippen LogP contribution < -0.4 is 10.6 Å². The van der Waals surface area contributed by atoms with Gasteiger partial charge in [0.05, 0.1) is 0 Å².